The van der Waals surface area contributed by atoms with Gasteiger partial charge in [-0.3, -0.25) is 4.79 Å². The molecule has 0 bridgehead atoms. The zero-order chi connectivity index (χ0) is 15.1. The normalized spacial score (nSPS) is 11.9. The van der Waals surface area contributed by atoms with Crippen LogP contribution in [0.3, 0.4) is 0 Å². The number of nitrogens with one attached hydrogen (secondary N) is 1. The SMILES string of the molecule is C[C@H](NC(=O)CSCc1ccccc1)c1cccc(Cl)c1. The van der Waals surface area contributed by atoms with Crippen molar-refractivity contribution < 1.29 is 4.79 Å². The van der Waals surface area contributed by atoms with Crippen molar-refractivity contribution in [2.45, 2.75) is 18.7 Å². The molecule has 1 N–H and O–H groups in total. The number of thioether (sulfide) groups is 1. The average molecular weight is 320 g/mol. The number of amides is 1. The lowest BCUT2D eigenvalue weighted by Gasteiger charge is -2.14. The Morgan fingerprint density at radius 3 is 2.67 bits per heavy atom. The standard InChI is InChI=1S/C17H18ClNOS/c1-13(15-8-5-9-16(18)10-15)19-17(20)12-21-11-14-6-3-2-4-7-14/h2-10,13H,11-12H2,1H3,(H,19,20)/t13-/m0/s1. The molecule has 0 heterocycles. The van der Waals surface area contributed by atoms with Crippen LogP contribution in [0, 0.1) is 0 Å². The summed E-state index contributed by atoms with van der Waals surface area (Å²) in [5.41, 5.74) is 2.25. The van der Waals surface area contributed by atoms with E-state index < -0.39 is 0 Å². The highest BCUT2D eigenvalue weighted by Gasteiger charge is 2.09. The van der Waals surface area contributed by atoms with Crippen molar-refractivity contribution in [1.29, 1.82) is 0 Å². The third kappa shape index (κ3) is 5.44. The van der Waals surface area contributed by atoms with Crippen LogP contribution in [-0.2, 0) is 10.5 Å². The van der Waals surface area contributed by atoms with Gasteiger partial charge in [-0.05, 0) is 30.2 Å². The Bertz CT molecular complexity index is 588. The van der Waals surface area contributed by atoms with E-state index in [-0.39, 0.29) is 11.9 Å². The van der Waals surface area contributed by atoms with Crippen LogP contribution in [0.15, 0.2) is 54.6 Å². The Kier molecular flexibility index (Phi) is 6.15. The Morgan fingerprint density at radius 1 is 1.19 bits per heavy atom. The van der Waals surface area contributed by atoms with E-state index >= 15 is 0 Å². The van der Waals surface area contributed by atoms with E-state index in [1.165, 1.54) is 5.56 Å². The lowest BCUT2D eigenvalue weighted by molar-refractivity contribution is -0.119. The molecular formula is C17H18ClNOS. The molecule has 0 radical (unpaired) electrons. The molecule has 0 aliphatic rings. The first kappa shape index (κ1) is 15.9. The number of carbonyl (C=O) groups excluding carboxylic acids is 1. The van der Waals surface area contributed by atoms with E-state index in [1.54, 1.807) is 11.8 Å². The molecule has 21 heavy (non-hydrogen) atoms. The van der Waals surface area contributed by atoms with Crippen molar-refractivity contribution in [3.05, 3.63) is 70.7 Å². The number of hydrogen-bond acceptors (Lipinski definition) is 2. The first-order valence-electron chi connectivity index (χ1n) is 6.81. The molecule has 0 aliphatic heterocycles. The van der Waals surface area contributed by atoms with Crippen LogP contribution in [0.25, 0.3) is 0 Å². The van der Waals surface area contributed by atoms with Crippen molar-refractivity contribution in [3.63, 3.8) is 0 Å². The van der Waals surface area contributed by atoms with Crippen LogP contribution in [-0.4, -0.2) is 11.7 Å². The summed E-state index contributed by atoms with van der Waals surface area (Å²) in [7, 11) is 0. The van der Waals surface area contributed by atoms with Crippen LogP contribution in [0.5, 0.6) is 0 Å². The van der Waals surface area contributed by atoms with Gasteiger partial charge in [0, 0.05) is 10.8 Å². The maximum absolute atomic E-state index is 11.9. The van der Waals surface area contributed by atoms with Gasteiger partial charge in [0.05, 0.1) is 11.8 Å². The van der Waals surface area contributed by atoms with Gasteiger partial charge in [0.2, 0.25) is 5.91 Å². The first-order chi connectivity index (χ1) is 10.1. The highest BCUT2D eigenvalue weighted by Crippen LogP contribution is 2.18. The molecule has 0 unspecified atom stereocenters. The van der Waals surface area contributed by atoms with Gasteiger partial charge in [0.15, 0.2) is 0 Å². The molecule has 0 aliphatic carbocycles. The second-order valence-electron chi connectivity index (χ2n) is 4.82. The average Bonchev–Trinajstić information content (AvgIpc) is 2.48. The van der Waals surface area contributed by atoms with E-state index in [2.05, 4.69) is 17.4 Å². The maximum Gasteiger partial charge on any atom is 0.230 e. The lowest BCUT2D eigenvalue weighted by Crippen LogP contribution is -2.28. The van der Waals surface area contributed by atoms with Crippen LogP contribution in [0.4, 0.5) is 0 Å². The van der Waals surface area contributed by atoms with Gasteiger partial charge < -0.3 is 5.32 Å². The zero-order valence-corrected chi connectivity index (χ0v) is 13.5. The van der Waals surface area contributed by atoms with Gasteiger partial charge in [-0.2, -0.15) is 0 Å². The quantitative estimate of drug-likeness (QED) is 0.852. The predicted octanol–water partition coefficient (Wildman–Crippen LogP) is 4.45. The third-order valence-electron chi connectivity index (χ3n) is 3.07. The Hall–Kier alpha value is -1.45. The summed E-state index contributed by atoms with van der Waals surface area (Å²) in [6.07, 6.45) is 0. The van der Waals surface area contributed by atoms with Crippen molar-refractivity contribution in [1.82, 2.24) is 5.32 Å². The number of carbonyl (C=O) groups is 1. The van der Waals surface area contributed by atoms with Gasteiger partial charge in [-0.1, -0.05) is 54.1 Å². The minimum absolute atomic E-state index is 0.0338. The molecule has 2 nitrogen and oxygen atoms in total. The summed E-state index contributed by atoms with van der Waals surface area (Å²) in [5.74, 6) is 1.35. The van der Waals surface area contributed by atoms with Gasteiger partial charge >= 0.3 is 0 Å². The fourth-order valence-electron chi connectivity index (χ4n) is 1.98. The van der Waals surface area contributed by atoms with Crippen LogP contribution in [0.1, 0.15) is 24.1 Å². The molecular weight excluding hydrogens is 302 g/mol. The molecule has 0 saturated heterocycles. The molecule has 0 fully saturated rings. The molecule has 2 rings (SSSR count). The summed E-state index contributed by atoms with van der Waals surface area (Å²) in [6, 6.07) is 17.7. The van der Waals surface area contributed by atoms with E-state index in [4.69, 9.17) is 11.6 Å². The largest absolute Gasteiger partial charge is 0.349 e. The molecule has 110 valence electrons. The van der Waals surface area contributed by atoms with E-state index in [1.807, 2.05) is 49.4 Å². The minimum Gasteiger partial charge on any atom is -0.349 e. The van der Waals surface area contributed by atoms with Gasteiger partial charge in [-0.15, -0.1) is 11.8 Å². The summed E-state index contributed by atoms with van der Waals surface area (Å²) in [6.45, 7) is 1.96. The maximum atomic E-state index is 11.9. The van der Waals surface area contributed by atoms with E-state index in [0.717, 1.165) is 11.3 Å². The number of rotatable bonds is 6. The van der Waals surface area contributed by atoms with E-state index in [9.17, 15) is 4.79 Å². The molecule has 4 heteroatoms. The highest BCUT2D eigenvalue weighted by molar-refractivity contribution is 7.99. The molecule has 0 spiro atoms. The molecule has 0 aromatic heterocycles. The van der Waals surface area contributed by atoms with Gasteiger partial charge in [-0.25, -0.2) is 0 Å². The van der Waals surface area contributed by atoms with E-state index in [0.29, 0.717) is 10.8 Å². The Morgan fingerprint density at radius 2 is 1.95 bits per heavy atom. The molecule has 0 saturated carbocycles. The summed E-state index contributed by atoms with van der Waals surface area (Å²) < 4.78 is 0. The van der Waals surface area contributed by atoms with Crippen LogP contribution in [0.2, 0.25) is 5.02 Å². The number of halogens is 1. The fraction of sp³-hybridized carbons (Fsp3) is 0.235. The van der Waals surface area contributed by atoms with Gasteiger partial charge in [0.1, 0.15) is 0 Å². The second-order valence-corrected chi connectivity index (χ2v) is 6.24. The highest BCUT2D eigenvalue weighted by atomic mass is 35.5. The molecule has 1 amide bonds. The summed E-state index contributed by atoms with van der Waals surface area (Å²) >= 11 is 7.58. The molecule has 2 aromatic rings. The lowest BCUT2D eigenvalue weighted by atomic mass is 10.1. The molecule has 1 atom stereocenters. The number of hydrogen-bond donors (Lipinski definition) is 1. The topological polar surface area (TPSA) is 29.1 Å². The third-order valence-corrected chi connectivity index (χ3v) is 4.31. The summed E-state index contributed by atoms with van der Waals surface area (Å²) in [4.78, 5) is 11.9. The smallest absolute Gasteiger partial charge is 0.230 e. The first-order valence-corrected chi connectivity index (χ1v) is 8.35. The van der Waals surface area contributed by atoms with Crippen LogP contribution >= 0.6 is 23.4 Å². The fourth-order valence-corrected chi connectivity index (χ4v) is 2.98. The monoisotopic (exact) mass is 319 g/mol. The van der Waals surface area contributed by atoms with Crippen molar-refractivity contribution in [3.8, 4) is 0 Å². The number of benzene rings is 2. The Balaban J connectivity index is 1.76. The van der Waals surface area contributed by atoms with Gasteiger partial charge in [0.25, 0.3) is 0 Å². The zero-order valence-electron chi connectivity index (χ0n) is 11.9. The summed E-state index contributed by atoms with van der Waals surface area (Å²) in [5, 5.41) is 3.68. The Labute approximate surface area is 134 Å². The second kappa shape index (κ2) is 8.11. The minimum atomic E-state index is -0.0338. The van der Waals surface area contributed by atoms with Crippen molar-refractivity contribution in [2.75, 3.05) is 5.75 Å². The van der Waals surface area contributed by atoms with Crippen molar-refractivity contribution >= 4 is 29.3 Å². The van der Waals surface area contributed by atoms with Crippen LogP contribution < -0.4 is 5.32 Å². The molecule has 2 aromatic carbocycles. The predicted molar refractivity (Wildman–Crippen MR) is 90.6 cm³/mol. The van der Waals surface area contributed by atoms with Crippen molar-refractivity contribution in [2.24, 2.45) is 0 Å².